The van der Waals surface area contributed by atoms with Crippen LogP contribution in [0, 0.1) is 11.6 Å². The van der Waals surface area contributed by atoms with Crippen LogP contribution in [0.5, 0.6) is 0 Å². The largest absolute Gasteiger partial charge is 0.333 e. The molecule has 0 aliphatic carbocycles. The lowest BCUT2D eigenvalue weighted by atomic mass is 10.2. The van der Waals surface area contributed by atoms with Crippen molar-refractivity contribution in [1.29, 1.82) is 0 Å². The van der Waals surface area contributed by atoms with Crippen molar-refractivity contribution < 1.29 is 18.1 Å². The minimum atomic E-state index is -0.578. The number of amides is 1. The monoisotopic (exact) mass is 408 g/mol. The minimum absolute atomic E-state index is 0.0209. The molecule has 0 aliphatic rings. The van der Waals surface area contributed by atoms with Gasteiger partial charge in [-0.05, 0) is 48.5 Å². The van der Waals surface area contributed by atoms with Gasteiger partial charge in [-0.1, -0.05) is 17.3 Å². The molecule has 0 saturated heterocycles. The summed E-state index contributed by atoms with van der Waals surface area (Å²) in [6.07, 6.45) is 1.42. The van der Waals surface area contributed by atoms with Gasteiger partial charge in [-0.25, -0.2) is 8.78 Å². The first-order chi connectivity index (χ1) is 14.5. The number of anilines is 1. The molecule has 0 atom stereocenters. The van der Waals surface area contributed by atoms with Crippen LogP contribution < -0.4 is 10.9 Å². The third-order valence-electron chi connectivity index (χ3n) is 4.24. The average Bonchev–Trinajstić information content (AvgIpc) is 3.22. The summed E-state index contributed by atoms with van der Waals surface area (Å²) in [7, 11) is 0. The first kappa shape index (κ1) is 19.2. The summed E-state index contributed by atoms with van der Waals surface area (Å²) in [5, 5.41) is 6.23. The van der Waals surface area contributed by atoms with Crippen LogP contribution in [0.3, 0.4) is 0 Å². The van der Waals surface area contributed by atoms with E-state index in [1.54, 1.807) is 12.1 Å². The Bertz CT molecular complexity index is 1270. The van der Waals surface area contributed by atoms with E-state index in [1.807, 2.05) is 0 Å². The van der Waals surface area contributed by atoms with Crippen LogP contribution in [0.4, 0.5) is 14.5 Å². The van der Waals surface area contributed by atoms with Gasteiger partial charge < -0.3 is 14.4 Å². The van der Waals surface area contributed by atoms with Gasteiger partial charge in [0.05, 0.1) is 5.69 Å². The first-order valence-corrected chi connectivity index (χ1v) is 8.85. The Labute approximate surface area is 168 Å². The summed E-state index contributed by atoms with van der Waals surface area (Å²) in [5.41, 5.74) is 0.104. The highest BCUT2D eigenvalue weighted by Crippen LogP contribution is 2.20. The van der Waals surface area contributed by atoms with Gasteiger partial charge in [0.25, 0.3) is 11.4 Å². The van der Waals surface area contributed by atoms with Crippen LogP contribution in [0.2, 0.25) is 0 Å². The summed E-state index contributed by atoms with van der Waals surface area (Å²) < 4.78 is 33.1. The van der Waals surface area contributed by atoms with Crippen molar-refractivity contribution >= 4 is 11.6 Å². The molecule has 30 heavy (non-hydrogen) atoms. The summed E-state index contributed by atoms with van der Waals surface area (Å²) >= 11 is 0. The SMILES string of the molecule is O=C(Cn1cccc(-c2nc(-c3ccc(F)cc3)no2)c1=O)Nc1ccccc1F. The molecule has 0 unspecified atom stereocenters. The molecule has 150 valence electrons. The van der Waals surface area contributed by atoms with Crippen LogP contribution in [0.25, 0.3) is 22.8 Å². The molecule has 2 heterocycles. The summed E-state index contributed by atoms with van der Waals surface area (Å²) in [6, 6.07) is 14.2. The highest BCUT2D eigenvalue weighted by molar-refractivity contribution is 5.90. The van der Waals surface area contributed by atoms with Crippen LogP contribution in [0.1, 0.15) is 0 Å². The zero-order valence-electron chi connectivity index (χ0n) is 15.4. The minimum Gasteiger partial charge on any atom is -0.333 e. The maximum atomic E-state index is 13.7. The molecule has 0 saturated carbocycles. The van der Waals surface area contributed by atoms with Gasteiger partial charge in [-0.3, -0.25) is 9.59 Å². The molecule has 0 radical (unpaired) electrons. The fraction of sp³-hybridized carbons (Fsp3) is 0.0476. The Morgan fingerprint density at radius 1 is 1.03 bits per heavy atom. The van der Waals surface area contributed by atoms with Gasteiger partial charge in [0.15, 0.2) is 0 Å². The Hall–Kier alpha value is -4.14. The van der Waals surface area contributed by atoms with E-state index in [4.69, 9.17) is 4.52 Å². The van der Waals surface area contributed by atoms with E-state index in [2.05, 4.69) is 15.5 Å². The maximum absolute atomic E-state index is 13.7. The van der Waals surface area contributed by atoms with Crippen molar-refractivity contribution in [2.45, 2.75) is 6.54 Å². The molecule has 2 aromatic heterocycles. The van der Waals surface area contributed by atoms with Crippen molar-refractivity contribution in [2.24, 2.45) is 0 Å². The number of nitrogens with one attached hydrogen (secondary N) is 1. The molecule has 4 rings (SSSR count). The second-order valence-electron chi connectivity index (χ2n) is 6.31. The molecule has 1 N–H and O–H groups in total. The standard InChI is InChI=1S/C21H14F2N4O3/c22-14-9-7-13(8-10-14)19-25-20(30-26-19)15-4-3-11-27(21(15)29)12-18(28)24-17-6-2-1-5-16(17)23/h1-11H,12H2,(H,24,28). The molecular formula is C21H14F2N4O3. The van der Waals surface area contributed by atoms with Crippen molar-refractivity contribution in [3.63, 3.8) is 0 Å². The molecule has 0 fully saturated rings. The van der Waals surface area contributed by atoms with E-state index in [-0.39, 0.29) is 29.5 Å². The van der Waals surface area contributed by atoms with E-state index in [0.717, 1.165) is 4.57 Å². The molecule has 0 aliphatic heterocycles. The highest BCUT2D eigenvalue weighted by Gasteiger charge is 2.16. The Morgan fingerprint density at radius 3 is 2.57 bits per heavy atom. The molecule has 2 aromatic carbocycles. The second-order valence-corrected chi connectivity index (χ2v) is 6.31. The number of nitrogens with zero attached hydrogens (tertiary/aromatic N) is 3. The summed E-state index contributed by atoms with van der Waals surface area (Å²) in [5.74, 6) is -1.40. The van der Waals surface area contributed by atoms with E-state index in [0.29, 0.717) is 5.56 Å². The zero-order valence-corrected chi connectivity index (χ0v) is 15.4. The van der Waals surface area contributed by atoms with Crippen LogP contribution in [0.15, 0.2) is 76.2 Å². The van der Waals surface area contributed by atoms with E-state index < -0.39 is 23.1 Å². The summed E-state index contributed by atoms with van der Waals surface area (Å²) in [6.45, 7) is -0.333. The number of hydrogen-bond donors (Lipinski definition) is 1. The number of rotatable bonds is 5. The lowest BCUT2D eigenvalue weighted by Crippen LogP contribution is -2.28. The number of carbonyl (C=O) groups is 1. The number of halogens is 2. The first-order valence-electron chi connectivity index (χ1n) is 8.85. The molecule has 4 aromatic rings. The quantitative estimate of drug-likeness (QED) is 0.546. The van der Waals surface area contributed by atoms with Gasteiger partial charge in [-0.15, -0.1) is 0 Å². The average molecular weight is 408 g/mol. The van der Waals surface area contributed by atoms with Crippen LogP contribution in [-0.2, 0) is 11.3 Å². The molecule has 7 nitrogen and oxygen atoms in total. The van der Waals surface area contributed by atoms with Crippen LogP contribution in [-0.4, -0.2) is 20.6 Å². The summed E-state index contributed by atoms with van der Waals surface area (Å²) in [4.78, 5) is 29.2. The van der Waals surface area contributed by atoms with E-state index in [1.165, 1.54) is 54.7 Å². The molecular weight excluding hydrogens is 394 g/mol. The van der Waals surface area contributed by atoms with Gasteiger partial charge in [0, 0.05) is 11.8 Å². The Kier molecular flexibility index (Phi) is 5.17. The number of benzene rings is 2. The van der Waals surface area contributed by atoms with Crippen LogP contribution >= 0.6 is 0 Å². The number of carbonyl (C=O) groups excluding carboxylic acids is 1. The van der Waals surface area contributed by atoms with E-state index >= 15 is 0 Å². The maximum Gasteiger partial charge on any atom is 0.263 e. The highest BCUT2D eigenvalue weighted by atomic mass is 19.1. The number of aromatic nitrogens is 3. The van der Waals surface area contributed by atoms with Crippen molar-refractivity contribution in [3.8, 4) is 22.8 Å². The molecule has 0 bridgehead atoms. The van der Waals surface area contributed by atoms with Crippen molar-refractivity contribution in [1.82, 2.24) is 14.7 Å². The fourth-order valence-electron chi connectivity index (χ4n) is 2.78. The van der Waals surface area contributed by atoms with Gasteiger partial charge in [0.2, 0.25) is 11.7 Å². The third kappa shape index (κ3) is 4.00. The molecule has 1 amide bonds. The molecule has 9 heteroatoms. The Balaban J connectivity index is 1.56. The normalized spacial score (nSPS) is 10.7. The number of pyridine rings is 1. The zero-order chi connectivity index (χ0) is 21.1. The van der Waals surface area contributed by atoms with Gasteiger partial charge in [-0.2, -0.15) is 4.98 Å². The van der Waals surface area contributed by atoms with Crippen molar-refractivity contribution in [2.75, 3.05) is 5.32 Å². The Morgan fingerprint density at radius 2 is 1.80 bits per heavy atom. The molecule has 0 spiro atoms. The topological polar surface area (TPSA) is 90.0 Å². The third-order valence-corrected chi connectivity index (χ3v) is 4.24. The number of para-hydroxylation sites is 1. The van der Waals surface area contributed by atoms with Gasteiger partial charge >= 0.3 is 0 Å². The van der Waals surface area contributed by atoms with Crippen molar-refractivity contribution in [3.05, 3.63) is 88.8 Å². The predicted molar refractivity (Wildman–Crippen MR) is 104 cm³/mol. The second kappa shape index (κ2) is 8.08. The predicted octanol–water partition coefficient (Wildman–Crippen LogP) is 3.48. The van der Waals surface area contributed by atoms with Gasteiger partial charge in [0.1, 0.15) is 23.7 Å². The number of hydrogen-bond acceptors (Lipinski definition) is 5. The smallest absolute Gasteiger partial charge is 0.263 e. The van der Waals surface area contributed by atoms with E-state index in [9.17, 15) is 18.4 Å². The lowest BCUT2D eigenvalue weighted by molar-refractivity contribution is -0.116. The lowest BCUT2D eigenvalue weighted by Gasteiger charge is -2.08. The fourth-order valence-corrected chi connectivity index (χ4v) is 2.78.